The summed E-state index contributed by atoms with van der Waals surface area (Å²) in [5.41, 5.74) is 0. The van der Waals surface area contributed by atoms with Gasteiger partial charge in [0.2, 0.25) is 0 Å². The van der Waals surface area contributed by atoms with E-state index in [1.165, 1.54) is 51.4 Å². The molecule has 0 aromatic carbocycles. The van der Waals surface area contributed by atoms with Gasteiger partial charge in [-0.05, 0) is 19.3 Å². The maximum Gasteiger partial charge on any atom is 0.306 e. The lowest BCUT2D eigenvalue weighted by molar-refractivity contribution is -0.150. The zero-order chi connectivity index (χ0) is 18.1. The Bertz CT molecular complexity index is 347. The van der Waals surface area contributed by atoms with Crippen molar-refractivity contribution < 1.29 is 9.53 Å². The van der Waals surface area contributed by atoms with Crippen molar-refractivity contribution in [1.82, 2.24) is 0 Å². The maximum absolute atomic E-state index is 12.1. The summed E-state index contributed by atoms with van der Waals surface area (Å²) in [4.78, 5) is 12.1. The van der Waals surface area contributed by atoms with E-state index in [2.05, 4.69) is 34.6 Å². The standard InChI is InChI=1S/C21H40O2S/c1-6-7-8-9-10-11-12-13-14-15-19(22)23-18-16-20(2,3)24-21(4,5)17-18/h18H,6-17H2,1-5H3. The van der Waals surface area contributed by atoms with Gasteiger partial charge < -0.3 is 4.74 Å². The zero-order valence-corrected chi connectivity index (χ0v) is 17.6. The molecule has 142 valence electrons. The molecule has 0 spiro atoms. The van der Waals surface area contributed by atoms with Crippen LogP contribution in [0.25, 0.3) is 0 Å². The van der Waals surface area contributed by atoms with Crippen molar-refractivity contribution in [2.75, 3.05) is 0 Å². The lowest BCUT2D eigenvalue weighted by atomic mass is 9.95. The average Bonchev–Trinajstić information content (AvgIpc) is 2.42. The first-order valence-electron chi connectivity index (χ1n) is 10.1. The minimum absolute atomic E-state index is 0.0152. The molecular formula is C21H40O2S. The summed E-state index contributed by atoms with van der Waals surface area (Å²) < 4.78 is 6.18. The quantitative estimate of drug-likeness (QED) is 0.297. The van der Waals surface area contributed by atoms with E-state index in [1.807, 2.05) is 11.8 Å². The summed E-state index contributed by atoms with van der Waals surface area (Å²) in [5.74, 6) is 0.0152. The van der Waals surface area contributed by atoms with Gasteiger partial charge in [-0.2, -0.15) is 0 Å². The van der Waals surface area contributed by atoms with E-state index < -0.39 is 0 Å². The Kier molecular flexibility index (Phi) is 9.77. The number of thioether (sulfide) groups is 1. The van der Waals surface area contributed by atoms with Crippen molar-refractivity contribution in [2.45, 2.75) is 127 Å². The molecule has 0 N–H and O–H groups in total. The number of carbonyl (C=O) groups excluding carboxylic acids is 1. The Hall–Kier alpha value is -0.180. The molecule has 0 radical (unpaired) electrons. The number of ether oxygens (including phenoxy) is 1. The molecule has 0 saturated carbocycles. The van der Waals surface area contributed by atoms with Gasteiger partial charge in [0, 0.05) is 15.9 Å². The molecule has 1 aliphatic heterocycles. The van der Waals surface area contributed by atoms with Crippen LogP contribution >= 0.6 is 11.8 Å². The van der Waals surface area contributed by atoms with Crippen LogP contribution in [0, 0.1) is 0 Å². The summed E-state index contributed by atoms with van der Waals surface area (Å²) in [6.07, 6.45) is 14.2. The fourth-order valence-electron chi connectivity index (χ4n) is 3.91. The fourth-order valence-corrected chi connectivity index (χ4v) is 5.94. The number of unbranched alkanes of at least 4 members (excludes halogenated alkanes) is 8. The molecule has 1 heterocycles. The minimum Gasteiger partial charge on any atom is -0.462 e. The van der Waals surface area contributed by atoms with Gasteiger partial charge in [-0.3, -0.25) is 4.79 Å². The molecule has 1 aliphatic rings. The highest BCUT2D eigenvalue weighted by atomic mass is 32.2. The number of hydrogen-bond acceptors (Lipinski definition) is 3. The van der Waals surface area contributed by atoms with Crippen LogP contribution in [0.4, 0.5) is 0 Å². The molecule has 0 aromatic heterocycles. The second kappa shape index (κ2) is 10.7. The van der Waals surface area contributed by atoms with E-state index in [-0.39, 0.29) is 21.6 Å². The summed E-state index contributed by atoms with van der Waals surface area (Å²) in [6, 6.07) is 0. The number of hydrogen-bond donors (Lipinski definition) is 0. The lowest BCUT2D eigenvalue weighted by Gasteiger charge is -2.43. The predicted octanol–water partition coefficient (Wildman–Crippen LogP) is 6.90. The van der Waals surface area contributed by atoms with Crippen LogP contribution in [0.2, 0.25) is 0 Å². The third-order valence-electron chi connectivity index (χ3n) is 4.77. The van der Waals surface area contributed by atoms with Gasteiger partial charge in [0.1, 0.15) is 6.10 Å². The molecular weight excluding hydrogens is 316 g/mol. The monoisotopic (exact) mass is 356 g/mol. The molecule has 1 fully saturated rings. The van der Waals surface area contributed by atoms with E-state index in [0.717, 1.165) is 19.3 Å². The van der Waals surface area contributed by atoms with Crippen LogP contribution in [0.3, 0.4) is 0 Å². The molecule has 0 aromatic rings. The smallest absolute Gasteiger partial charge is 0.306 e. The summed E-state index contributed by atoms with van der Waals surface area (Å²) >= 11 is 2.02. The summed E-state index contributed by atoms with van der Waals surface area (Å²) in [7, 11) is 0. The highest BCUT2D eigenvalue weighted by molar-refractivity contribution is 8.01. The Morgan fingerprint density at radius 1 is 0.875 bits per heavy atom. The topological polar surface area (TPSA) is 26.3 Å². The Morgan fingerprint density at radius 3 is 1.83 bits per heavy atom. The van der Waals surface area contributed by atoms with E-state index >= 15 is 0 Å². The molecule has 0 amide bonds. The molecule has 0 bridgehead atoms. The van der Waals surface area contributed by atoms with Crippen molar-refractivity contribution in [2.24, 2.45) is 0 Å². The highest BCUT2D eigenvalue weighted by Crippen LogP contribution is 2.47. The number of esters is 1. The van der Waals surface area contributed by atoms with Crippen LogP contribution < -0.4 is 0 Å². The molecule has 0 atom stereocenters. The van der Waals surface area contributed by atoms with Gasteiger partial charge in [-0.1, -0.05) is 86.0 Å². The van der Waals surface area contributed by atoms with Crippen molar-refractivity contribution in [1.29, 1.82) is 0 Å². The Morgan fingerprint density at radius 2 is 1.33 bits per heavy atom. The van der Waals surface area contributed by atoms with Crippen molar-refractivity contribution in [3.8, 4) is 0 Å². The van der Waals surface area contributed by atoms with E-state index in [9.17, 15) is 4.79 Å². The minimum atomic E-state index is 0.0152. The molecule has 0 unspecified atom stereocenters. The van der Waals surface area contributed by atoms with Gasteiger partial charge in [-0.15, -0.1) is 11.8 Å². The third-order valence-corrected chi connectivity index (χ3v) is 6.21. The fraction of sp³-hybridized carbons (Fsp3) is 0.952. The van der Waals surface area contributed by atoms with Gasteiger partial charge in [0.15, 0.2) is 0 Å². The van der Waals surface area contributed by atoms with Crippen molar-refractivity contribution in [3.63, 3.8) is 0 Å². The second-order valence-electron chi connectivity index (χ2n) is 8.72. The summed E-state index contributed by atoms with van der Waals surface area (Å²) in [5, 5.41) is 0. The summed E-state index contributed by atoms with van der Waals surface area (Å²) in [6.45, 7) is 11.3. The van der Waals surface area contributed by atoms with Crippen LogP contribution in [-0.2, 0) is 9.53 Å². The largest absolute Gasteiger partial charge is 0.462 e. The highest BCUT2D eigenvalue weighted by Gasteiger charge is 2.40. The lowest BCUT2D eigenvalue weighted by Crippen LogP contribution is -2.41. The number of carbonyl (C=O) groups is 1. The van der Waals surface area contributed by atoms with Crippen LogP contribution in [0.15, 0.2) is 0 Å². The van der Waals surface area contributed by atoms with Gasteiger partial charge in [0.05, 0.1) is 0 Å². The first-order chi connectivity index (χ1) is 11.2. The van der Waals surface area contributed by atoms with Crippen LogP contribution in [0.1, 0.15) is 112 Å². The average molecular weight is 357 g/mol. The molecule has 1 rings (SSSR count). The first kappa shape index (κ1) is 21.9. The van der Waals surface area contributed by atoms with Crippen molar-refractivity contribution in [3.05, 3.63) is 0 Å². The Balaban J connectivity index is 2.09. The van der Waals surface area contributed by atoms with Crippen LogP contribution in [0.5, 0.6) is 0 Å². The maximum atomic E-state index is 12.1. The normalized spacial score (nSPS) is 20.0. The molecule has 2 nitrogen and oxygen atoms in total. The second-order valence-corrected chi connectivity index (χ2v) is 11.1. The molecule has 24 heavy (non-hydrogen) atoms. The van der Waals surface area contributed by atoms with E-state index in [4.69, 9.17) is 4.74 Å². The van der Waals surface area contributed by atoms with Crippen molar-refractivity contribution >= 4 is 17.7 Å². The molecule has 3 heteroatoms. The number of rotatable bonds is 11. The van der Waals surface area contributed by atoms with Gasteiger partial charge >= 0.3 is 5.97 Å². The predicted molar refractivity (Wildman–Crippen MR) is 107 cm³/mol. The Labute approximate surface area is 154 Å². The first-order valence-corrected chi connectivity index (χ1v) is 11.0. The van der Waals surface area contributed by atoms with E-state index in [1.54, 1.807) is 0 Å². The third kappa shape index (κ3) is 9.96. The van der Waals surface area contributed by atoms with Gasteiger partial charge in [0.25, 0.3) is 0 Å². The van der Waals surface area contributed by atoms with E-state index in [0.29, 0.717) is 6.42 Å². The SMILES string of the molecule is CCCCCCCCCCCC(=O)OC1CC(C)(C)SC(C)(C)C1. The van der Waals surface area contributed by atoms with Gasteiger partial charge in [-0.25, -0.2) is 0 Å². The zero-order valence-electron chi connectivity index (χ0n) is 16.8. The molecule has 0 aliphatic carbocycles. The molecule has 1 saturated heterocycles. The van der Waals surface area contributed by atoms with Crippen LogP contribution in [-0.4, -0.2) is 21.6 Å².